The lowest BCUT2D eigenvalue weighted by Crippen LogP contribution is -2.28. The summed E-state index contributed by atoms with van der Waals surface area (Å²) in [6.45, 7) is -0.265. The number of rotatable bonds is 5. The summed E-state index contributed by atoms with van der Waals surface area (Å²) in [6.07, 6.45) is 1.43. The number of carbonyl (C=O) groups excluding carboxylic acids is 1. The molecule has 0 bridgehead atoms. The van der Waals surface area contributed by atoms with Gasteiger partial charge in [0.05, 0.1) is 11.1 Å². The number of nitrogens with zero attached hydrogens (tertiary/aromatic N) is 4. The van der Waals surface area contributed by atoms with Crippen molar-refractivity contribution in [3.8, 4) is 17.6 Å². The molecule has 4 N–H and O–H groups in total. The number of likely N-dealkylation sites (N-methyl/N-ethyl adjacent to an activating group) is 1. The lowest BCUT2D eigenvalue weighted by atomic mass is 10.1. The first-order valence-corrected chi connectivity index (χ1v) is 8.55. The van der Waals surface area contributed by atoms with Gasteiger partial charge in [0, 0.05) is 36.2 Å². The molecule has 1 aromatic heterocycles. The number of nitro benzene ring substituents is 1. The number of fused-ring (bicyclic) bond motifs is 1. The minimum atomic E-state index is -1.03. The quantitative estimate of drug-likeness (QED) is 0.120. The van der Waals surface area contributed by atoms with Crippen molar-refractivity contribution in [1.82, 2.24) is 15.1 Å². The van der Waals surface area contributed by atoms with E-state index in [4.69, 9.17) is 0 Å². The van der Waals surface area contributed by atoms with Gasteiger partial charge in [-0.15, -0.1) is 0 Å². The van der Waals surface area contributed by atoms with Crippen LogP contribution in [0.4, 0.5) is 10.1 Å². The number of phenols is 2. The number of nitrogens with one attached hydrogen (secondary N) is 1. The zero-order chi connectivity index (χ0) is 22.9. The van der Waals surface area contributed by atoms with Gasteiger partial charge in [0.2, 0.25) is 5.75 Å². The SMILES string of the molecule is CN(Cc1ccc2cn[nH]c2c1F)C(=O)/C(C#N)=C(\O)c1cc(O)c(O)c([N+](=O)[O-])c1. The average Bonchev–Trinajstić information content (AvgIpc) is 3.21. The van der Waals surface area contributed by atoms with Crippen molar-refractivity contribution >= 4 is 28.3 Å². The highest BCUT2D eigenvalue weighted by Gasteiger charge is 2.25. The van der Waals surface area contributed by atoms with Gasteiger partial charge in [-0.1, -0.05) is 12.1 Å². The van der Waals surface area contributed by atoms with Crippen molar-refractivity contribution in [1.29, 1.82) is 5.26 Å². The van der Waals surface area contributed by atoms with E-state index in [0.717, 1.165) is 11.0 Å². The van der Waals surface area contributed by atoms with E-state index in [0.29, 0.717) is 11.5 Å². The van der Waals surface area contributed by atoms with Crippen LogP contribution < -0.4 is 0 Å². The Kier molecular flexibility index (Phi) is 5.43. The number of aliphatic hydroxyl groups excluding tert-OH is 1. The van der Waals surface area contributed by atoms with Gasteiger partial charge >= 0.3 is 5.69 Å². The molecule has 158 valence electrons. The van der Waals surface area contributed by atoms with Crippen molar-refractivity contribution in [2.45, 2.75) is 6.54 Å². The smallest absolute Gasteiger partial charge is 0.315 e. The number of phenolic OH excluding ortho intramolecular Hbond substituents is 2. The van der Waals surface area contributed by atoms with Crippen molar-refractivity contribution < 1.29 is 29.4 Å². The third-order valence-corrected chi connectivity index (χ3v) is 4.49. The van der Waals surface area contributed by atoms with Crippen LogP contribution in [-0.4, -0.2) is 48.3 Å². The fourth-order valence-electron chi connectivity index (χ4n) is 2.89. The summed E-state index contributed by atoms with van der Waals surface area (Å²) in [7, 11) is 1.26. The van der Waals surface area contributed by atoms with Crippen LogP contribution in [0.1, 0.15) is 11.1 Å². The molecule has 12 heteroatoms. The Morgan fingerprint density at radius 3 is 2.74 bits per heavy atom. The monoisotopic (exact) mass is 427 g/mol. The number of nitriles is 1. The number of aromatic hydroxyl groups is 2. The summed E-state index contributed by atoms with van der Waals surface area (Å²) < 4.78 is 14.6. The number of H-pyrrole nitrogens is 1. The molecule has 0 fully saturated rings. The summed E-state index contributed by atoms with van der Waals surface area (Å²) >= 11 is 0. The maximum Gasteiger partial charge on any atom is 0.315 e. The number of aromatic amines is 1. The number of aliphatic hydroxyl groups is 1. The minimum Gasteiger partial charge on any atom is -0.506 e. The minimum absolute atomic E-state index is 0.113. The van der Waals surface area contributed by atoms with Crippen LogP contribution in [0.15, 0.2) is 36.0 Å². The van der Waals surface area contributed by atoms with Gasteiger partial charge in [-0.05, 0) is 6.07 Å². The lowest BCUT2D eigenvalue weighted by molar-refractivity contribution is -0.386. The van der Waals surface area contributed by atoms with Gasteiger partial charge < -0.3 is 20.2 Å². The number of nitro groups is 1. The van der Waals surface area contributed by atoms with Crippen molar-refractivity contribution in [3.63, 3.8) is 0 Å². The van der Waals surface area contributed by atoms with Gasteiger partial charge in [0.15, 0.2) is 17.1 Å². The standard InChI is InChI=1S/C19H14FN5O6/c1-24(8-10-3-2-9-7-22-23-16(9)15(10)20)19(29)12(6-21)17(27)11-4-13(25(30)31)18(28)14(26)5-11/h2-5,7,26-28H,8H2,1H3,(H,22,23)/b17-12-. The number of hydrogen-bond acceptors (Lipinski definition) is 8. The van der Waals surface area contributed by atoms with E-state index >= 15 is 0 Å². The average molecular weight is 427 g/mol. The highest BCUT2D eigenvalue weighted by atomic mass is 19.1. The van der Waals surface area contributed by atoms with Crippen LogP contribution in [0.3, 0.4) is 0 Å². The molecule has 0 aliphatic carbocycles. The van der Waals surface area contributed by atoms with E-state index < -0.39 is 50.7 Å². The first kappa shape index (κ1) is 21.1. The fourth-order valence-corrected chi connectivity index (χ4v) is 2.89. The largest absolute Gasteiger partial charge is 0.506 e. The molecule has 3 rings (SSSR count). The van der Waals surface area contributed by atoms with Gasteiger partial charge in [-0.2, -0.15) is 10.4 Å². The van der Waals surface area contributed by atoms with E-state index in [1.807, 2.05) is 0 Å². The zero-order valence-corrected chi connectivity index (χ0v) is 15.8. The molecule has 0 aliphatic heterocycles. The van der Waals surface area contributed by atoms with E-state index in [2.05, 4.69) is 10.2 Å². The van der Waals surface area contributed by atoms with Gasteiger partial charge in [-0.25, -0.2) is 4.39 Å². The second-order valence-corrected chi connectivity index (χ2v) is 6.49. The first-order valence-electron chi connectivity index (χ1n) is 8.55. The van der Waals surface area contributed by atoms with Gasteiger partial charge in [0.1, 0.15) is 17.3 Å². The summed E-state index contributed by atoms with van der Waals surface area (Å²) in [6, 6.07) is 5.99. The fraction of sp³-hybridized carbons (Fsp3) is 0.105. The molecule has 0 saturated carbocycles. The Morgan fingerprint density at radius 2 is 2.10 bits per heavy atom. The number of aromatic nitrogens is 2. The highest BCUT2D eigenvalue weighted by Crippen LogP contribution is 2.38. The van der Waals surface area contributed by atoms with E-state index in [-0.39, 0.29) is 17.6 Å². The predicted octanol–water partition coefficient (Wildman–Crippen LogP) is 2.47. The molecular formula is C19H14FN5O6. The molecule has 0 saturated heterocycles. The molecular weight excluding hydrogens is 413 g/mol. The maximum atomic E-state index is 14.6. The zero-order valence-electron chi connectivity index (χ0n) is 15.8. The Labute approximate surface area is 173 Å². The van der Waals surface area contributed by atoms with Crippen molar-refractivity contribution in [2.75, 3.05) is 7.05 Å². The Bertz CT molecular complexity index is 1290. The Balaban J connectivity index is 1.96. The van der Waals surface area contributed by atoms with Crippen molar-refractivity contribution in [3.05, 3.63) is 63.1 Å². The molecule has 11 nitrogen and oxygen atoms in total. The normalized spacial score (nSPS) is 11.6. The molecule has 0 radical (unpaired) electrons. The van der Waals surface area contributed by atoms with Gasteiger partial charge in [0.25, 0.3) is 5.91 Å². The maximum absolute atomic E-state index is 14.6. The predicted molar refractivity (Wildman–Crippen MR) is 104 cm³/mol. The number of halogens is 1. The van der Waals surface area contributed by atoms with E-state index in [9.17, 15) is 39.9 Å². The summed E-state index contributed by atoms with van der Waals surface area (Å²) in [4.78, 5) is 23.6. The van der Waals surface area contributed by atoms with Crippen LogP contribution in [0.2, 0.25) is 0 Å². The molecule has 0 unspecified atom stereocenters. The topological polar surface area (TPSA) is 177 Å². The first-order chi connectivity index (χ1) is 14.6. The molecule has 0 aliphatic rings. The second-order valence-electron chi connectivity index (χ2n) is 6.49. The molecule has 0 atom stereocenters. The van der Waals surface area contributed by atoms with E-state index in [1.165, 1.54) is 25.4 Å². The number of amides is 1. The third kappa shape index (κ3) is 3.79. The Hall–Kier alpha value is -4.66. The summed E-state index contributed by atoms with van der Waals surface area (Å²) in [5.74, 6) is -4.56. The number of benzene rings is 2. The van der Waals surface area contributed by atoms with Crippen LogP contribution in [0, 0.1) is 27.3 Å². The van der Waals surface area contributed by atoms with Crippen LogP contribution in [-0.2, 0) is 11.3 Å². The number of hydrogen-bond donors (Lipinski definition) is 4. The number of carbonyl (C=O) groups is 1. The molecule has 31 heavy (non-hydrogen) atoms. The molecule has 3 aromatic rings. The van der Waals surface area contributed by atoms with E-state index in [1.54, 1.807) is 6.07 Å². The van der Waals surface area contributed by atoms with Crippen LogP contribution in [0.5, 0.6) is 11.5 Å². The summed E-state index contributed by atoms with van der Waals surface area (Å²) in [5.41, 5.74) is -1.92. The Morgan fingerprint density at radius 1 is 1.39 bits per heavy atom. The van der Waals surface area contributed by atoms with Crippen LogP contribution >= 0.6 is 0 Å². The molecule has 1 amide bonds. The molecule has 2 aromatic carbocycles. The molecule has 1 heterocycles. The van der Waals surface area contributed by atoms with Gasteiger partial charge in [-0.3, -0.25) is 20.0 Å². The van der Waals surface area contributed by atoms with Crippen molar-refractivity contribution in [2.24, 2.45) is 0 Å². The molecule has 0 spiro atoms. The summed E-state index contributed by atoms with van der Waals surface area (Å²) in [5, 5.41) is 56.7. The van der Waals surface area contributed by atoms with Crippen LogP contribution in [0.25, 0.3) is 16.7 Å². The third-order valence-electron chi connectivity index (χ3n) is 4.49. The highest BCUT2D eigenvalue weighted by molar-refractivity contribution is 6.03. The lowest BCUT2D eigenvalue weighted by Gasteiger charge is -2.18. The second kappa shape index (κ2) is 7.99.